The van der Waals surface area contributed by atoms with Crippen LogP contribution in [0.15, 0.2) is 42.5 Å². The highest BCUT2D eigenvalue weighted by molar-refractivity contribution is 5.96. The van der Waals surface area contributed by atoms with Crippen molar-refractivity contribution in [3.8, 4) is 11.5 Å². The molecule has 1 saturated heterocycles. The van der Waals surface area contributed by atoms with Crippen LogP contribution in [0.2, 0.25) is 0 Å². The number of hydrogen-bond acceptors (Lipinski definition) is 5. The summed E-state index contributed by atoms with van der Waals surface area (Å²) in [5.41, 5.74) is 2.35. The first-order valence-corrected chi connectivity index (χ1v) is 12.0. The molecule has 2 aliphatic rings. The number of rotatable bonds is 7. The fourth-order valence-corrected chi connectivity index (χ4v) is 4.74. The summed E-state index contributed by atoms with van der Waals surface area (Å²) in [5, 5.41) is 3.43. The van der Waals surface area contributed by atoms with E-state index in [-0.39, 0.29) is 18.5 Å². The molecule has 2 aliphatic heterocycles. The van der Waals surface area contributed by atoms with Crippen LogP contribution in [0.3, 0.4) is 0 Å². The second-order valence-corrected chi connectivity index (χ2v) is 8.71. The smallest absolute Gasteiger partial charge is 0.253 e. The van der Waals surface area contributed by atoms with Gasteiger partial charge in [0.05, 0.1) is 0 Å². The summed E-state index contributed by atoms with van der Waals surface area (Å²) in [6, 6.07) is 10.1. The molecule has 4 rings (SSSR count). The standard InChI is InChI=1S/C27H33FN2O4/c1-4-30(5-2)26(31)19-7-9-21(25(15-19)33-18-32-3)23-17-27(11-6-13-29-14-12-27)34-24-10-8-20(28)16-22(23)24/h7-10,15-17,29H,4-6,11-14,18H2,1-3H3. The molecule has 7 heteroatoms. The monoisotopic (exact) mass is 468 g/mol. The van der Waals surface area contributed by atoms with Crippen molar-refractivity contribution >= 4 is 11.5 Å². The highest BCUT2D eigenvalue weighted by Gasteiger charge is 2.37. The Labute approximate surface area is 200 Å². The van der Waals surface area contributed by atoms with Gasteiger partial charge in [0.25, 0.3) is 5.91 Å². The van der Waals surface area contributed by atoms with Crippen LogP contribution in [0.4, 0.5) is 4.39 Å². The number of nitrogens with one attached hydrogen (secondary N) is 1. The summed E-state index contributed by atoms with van der Waals surface area (Å²) in [5.74, 6) is 0.781. The molecule has 34 heavy (non-hydrogen) atoms. The third-order valence-corrected chi connectivity index (χ3v) is 6.53. The molecule has 0 aromatic heterocycles. The SMILES string of the molecule is CCN(CC)C(=O)c1ccc(C2=CC3(CCCNCC3)Oc3ccc(F)cc32)c(OCOC)c1. The van der Waals surface area contributed by atoms with E-state index in [0.29, 0.717) is 35.7 Å². The van der Waals surface area contributed by atoms with Crippen LogP contribution in [-0.2, 0) is 4.74 Å². The first-order chi connectivity index (χ1) is 16.5. The van der Waals surface area contributed by atoms with Crippen molar-refractivity contribution in [2.45, 2.75) is 38.7 Å². The van der Waals surface area contributed by atoms with Crippen LogP contribution in [0.25, 0.3) is 5.57 Å². The summed E-state index contributed by atoms with van der Waals surface area (Å²) in [4.78, 5) is 14.8. The zero-order valence-electron chi connectivity index (χ0n) is 20.2. The Morgan fingerprint density at radius 2 is 1.94 bits per heavy atom. The molecule has 182 valence electrons. The van der Waals surface area contributed by atoms with E-state index in [1.807, 2.05) is 26.0 Å². The van der Waals surface area contributed by atoms with Crippen molar-refractivity contribution < 1.29 is 23.4 Å². The van der Waals surface area contributed by atoms with Crippen LogP contribution in [0, 0.1) is 5.82 Å². The quantitative estimate of drug-likeness (QED) is 0.601. The van der Waals surface area contributed by atoms with Crippen LogP contribution in [-0.4, -0.2) is 56.5 Å². The largest absolute Gasteiger partial charge is 0.482 e. The Kier molecular flexibility index (Phi) is 7.54. The van der Waals surface area contributed by atoms with E-state index in [1.54, 1.807) is 24.1 Å². The molecule has 2 heterocycles. The minimum atomic E-state index is -0.488. The first kappa shape index (κ1) is 24.2. The average molecular weight is 469 g/mol. The number of methoxy groups -OCH3 is 1. The zero-order chi connectivity index (χ0) is 24.1. The average Bonchev–Trinajstić information content (AvgIpc) is 3.08. The Hall–Kier alpha value is -2.90. The van der Waals surface area contributed by atoms with Gasteiger partial charge in [-0.25, -0.2) is 4.39 Å². The Balaban J connectivity index is 1.84. The van der Waals surface area contributed by atoms with Crippen LogP contribution < -0.4 is 14.8 Å². The van der Waals surface area contributed by atoms with E-state index in [9.17, 15) is 9.18 Å². The van der Waals surface area contributed by atoms with Crippen molar-refractivity contribution in [2.75, 3.05) is 40.1 Å². The predicted molar refractivity (Wildman–Crippen MR) is 130 cm³/mol. The van der Waals surface area contributed by atoms with E-state index in [1.165, 1.54) is 12.1 Å². The second kappa shape index (κ2) is 10.6. The maximum Gasteiger partial charge on any atom is 0.253 e. The van der Waals surface area contributed by atoms with Crippen molar-refractivity contribution in [1.82, 2.24) is 10.2 Å². The molecule has 1 fully saturated rings. The van der Waals surface area contributed by atoms with Crippen molar-refractivity contribution in [2.24, 2.45) is 0 Å². The lowest BCUT2D eigenvalue weighted by atomic mass is 9.84. The lowest BCUT2D eigenvalue weighted by Crippen LogP contribution is -2.37. The minimum Gasteiger partial charge on any atom is -0.482 e. The summed E-state index contributed by atoms with van der Waals surface area (Å²) < 4.78 is 31.9. The molecule has 2 aromatic rings. The van der Waals surface area contributed by atoms with Gasteiger partial charge in [0.2, 0.25) is 0 Å². The molecule has 0 bridgehead atoms. The molecule has 1 amide bonds. The van der Waals surface area contributed by atoms with Crippen molar-refractivity contribution in [3.63, 3.8) is 0 Å². The minimum absolute atomic E-state index is 0.0325. The number of carbonyl (C=O) groups is 1. The van der Waals surface area contributed by atoms with Gasteiger partial charge < -0.3 is 24.4 Å². The Bertz CT molecular complexity index is 1060. The number of fused-ring (bicyclic) bond motifs is 1. The molecular formula is C27H33FN2O4. The van der Waals surface area contributed by atoms with Crippen LogP contribution >= 0.6 is 0 Å². The number of amides is 1. The van der Waals surface area contributed by atoms with Crippen LogP contribution in [0.1, 0.15) is 54.6 Å². The van der Waals surface area contributed by atoms with E-state index >= 15 is 0 Å². The predicted octanol–water partition coefficient (Wildman–Crippen LogP) is 4.63. The van der Waals surface area contributed by atoms with Gasteiger partial charge in [-0.05, 0) is 87.8 Å². The normalized spacial score (nSPS) is 19.6. The molecule has 0 saturated carbocycles. The number of nitrogens with zero attached hydrogens (tertiary/aromatic N) is 1. The maximum absolute atomic E-state index is 14.3. The Morgan fingerprint density at radius 1 is 1.12 bits per heavy atom. The number of hydrogen-bond donors (Lipinski definition) is 1. The van der Waals surface area contributed by atoms with E-state index in [2.05, 4.69) is 11.4 Å². The van der Waals surface area contributed by atoms with Gasteiger partial charge >= 0.3 is 0 Å². The summed E-state index contributed by atoms with van der Waals surface area (Å²) in [7, 11) is 1.55. The number of benzene rings is 2. The molecule has 0 aliphatic carbocycles. The summed E-state index contributed by atoms with van der Waals surface area (Å²) >= 11 is 0. The first-order valence-electron chi connectivity index (χ1n) is 12.0. The van der Waals surface area contributed by atoms with E-state index in [4.69, 9.17) is 14.2 Å². The number of halogens is 1. The second-order valence-electron chi connectivity index (χ2n) is 8.71. The van der Waals surface area contributed by atoms with Crippen molar-refractivity contribution in [3.05, 3.63) is 65.0 Å². The van der Waals surface area contributed by atoms with Crippen molar-refractivity contribution in [1.29, 1.82) is 0 Å². The third-order valence-electron chi connectivity index (χ3n) is 6.53. The number of carbonyl (C=O) groups excluding carboxylic acids is 1. The highest BCUT2D eigenvalue weighted by Crippen LogP contribution is 2.45. The fourth-order valence-electron chi connectivity index (χ4n) is 4.74. The van der Waals surface area contributed by atoms with Gasteiger partial charge in [0.1, 0.15) is 22.9 Å². The lowest BCUT2D eigenvalue weighted by molar-refractivity contribution is 0.0506. The molecular weight excluding hydrogens is 435 g/mol. The maximum atomic E-state index is 14.3. The Morgan fingerprint density at radius 3 is 2.71 bits per heavy atom. The molecule has 2 aromatic carbocycles. The third kappa shape index (κ3) is 4.95. The molecule has 1 unspecified atom stereocenters. The molecule has 1 atom stereocenters. The fraction of sp³-hybridized carbons (Fsp3) is 0.444. The zero-order valence-corrected chi connectivity index (χ0v) is 20.2. The van der Waals surface area contributed by atoms with E-state index in [0.717, 1.165) is 43.5 Å². The topological polar surface area (TPSA) is 60.0 Å². The lowest BCUT2D eigenvalue weighted by Gasteiger charge is -2.37. The van der Waals surface area contributed by atoms with Gasteiger partial charge in [0, 0.05) is 43.3 Å². The van der Waals surface area contributed by atoms with Gasteiger partial charge in [0.15, 0.2) is 6.79 Å². The molecule has 6 nitrogen and oxygen atoms in total. The molecule has 1 N–H and O–H groups in total. The van der Waals surface area contributed by atoms with Gasteiger partial charge in [-0.2, -0.15) is 0 Å². The van der Waals surface area contributed by atoms with E-state index < -0.39 is 5.60 Å². The number of ether oxygens (including phenoxy) is 3. The van der Waals surface area contributed by atoms with Crippen LogP contribution in [0.5, 0.6) is 11.5 Å². The van der Waals surface area contributed by atoms with Gasteiger partial charge in [-0.15, -0.1) is 0 Å². The van der Waals surface area contributed by atoms with Gasteiger partial charge in [-0.3, -0.25) is 4.79 Å². The highest BCUT2D eigenvalue weighted by atomic mass is 19.1. The van der Waals surface area contributed by atoms with Gasteiger partial charge in [-0.1, -0.05) is 0 Å². The summed E-state index contributed by atoms with van der Waals surface area (Å²) in [6.07, 6.45) is 4.75. The molecule has 0 radical (unpaired) electrons. The molecule has 1 spiro atoms. The summed E-state index contributed by atoms with van der Waals surface area (Å²) in [6.45, 7) is 6.97.